The molecule has 0 spiro atoms. The molecular formula is C14H19ClN2. The van der Waals surface area contributed by atoms with Gasteiger partial charge in [-0.25, -0.2) is 0 Å². The van der Waals surface area contributed by atoms with Gasteiger partial charge in [-0.15, -0.1) is 0 Å². The van der Waals surface area contributed by atoms with Crippen molar-refractivity contribution in [3.05, 3.63) is 35.0 Å². The average molecular weight is 251 g/mol. The second-order valence-electron chi connectivity index (χ2n) is 4.38. The molecule has 0 fully saturated rings. The third-order valence-corrected chi connectivity index (χ3v) is 3.32. The fourth-order valence-electron chi connectivity index (χ4n) is 2.22. The maximum absolute atomic E-state index is 6.02. The number of benzene rings is 1. The molecule has 0 saturated heterocycles. The lowest BCUT2D eigenvalue weighted by molar-refractivity contribution is 0.673. The summed E-state index contributed by atoms with van der Waals surface area (Å²) >= 11 is 6.02. The summed E-state index contributed by atoms with van der Waals surface area (Å²) in [4.78, 5) is 0. The van der Waals surface area contributed by atoms with Crippen molar-refractivity contribution in [2.24, 2.45) is 7.05 Å². The number of rotatable bonds is 5. The van der Waals surface area contributed by atoms with Crippen LogP contribution in [0.25, 0.3) is 10.9 Å². The third-order valence-electron chi connectivity index (χ3n) is 3.08. The predicted octanol–water partition coefficient (Wildman–Crippen LogP) is 3.37. The Morgan fingerprint density at radius 1 is 1.35 bits per heavy atom. The summed E-state index contributed by atoms with van der Waals surface area (Å²) in [5.74, 6) is 0. The molecule has 92 valence electrons. The van der Waals surface area contributed by atoms with Crippen molar-refractivity contribution in [2.45, 2.75) is 19.8 Å². The highest BCUT2D eigenvalue weighted by atomic mass is 35.5. The summed E-state index contributed by atoms with van der Waals surface area (Å²) in [6.45, 7) is 4.27. The van der Waals surface area contributed by atoms with Crippen LogP contribution in [-0.2, 0) is 13.5 Å². The first-order valence-electron chi connectivity index (χ1n) is 6.16. The number of hydrogen-bond acceptors (Lipinski definition) is 1. The fourth-order valence-corrected chi connectivity index (χ4v) is 2.39. The summed E-state index contributed by atoms with van der Waals surface area (Å²) in [5, 5.41) is 5.49. The fraction of sp³-hybridized carbons (Fsp3) is 0.429. The van der Waals surface area contributed by atoms with Crippen LogP contribution in [0.4, 0.5) is 0 Å². The van der Waals surface area contributed by atoms with Crippen LogP contribution in [0.2, 0.25) is 5.02 Å². The standard InChI is InChI=1S/C14H19ClN2/c1-3-16-8-4-5-11-10-17(2)14-9-12(15)6-7-13(11)14/h6-7,9-10,16H,3-5,8H2,1-2H3. The second-order valence-corrected chi connectivity index (χ2v) is 4.82. The van der Waals surface area contributed by atoms with Gasteiger partial charge >= 0.3 is 0 Å². The van der Waals surface area contributed by atoms with Crippen molar-refractivity contribution in [2.75, 3.05) is 13.1 Å². The van der Waals surface area contributed by atoms with Crippen molar-refractivity contribution in [1.29, 1.82) is 0 Å². The minimum absolute atomic E-state index is 0.804. The molecule has 1 N–H and O–H groups in total. The molecule has 0 radical (unpaired) electrons. The molecule has 1 heterocycles. The Hall–Kier alpha value is -0.990. The average Bonchev–Trinajstić information content (AvgIpc) is 2.62. The predicted molar refractivity (Wildman–Crippen MR) is 74.8 cm³/mol. The quantitative estimate of drug-likeness (QED) is 0.805. The van der Waals surface area contributed by atoms with Gasteiger partial charge in [0.05, 0.1) is 0 Å². The zero-order chi connectivity index (χ0) is 12.3. The summed E-state index contributed by atoms with van der Waals surface area (Å²) < 4.78 is 2.16. The lowest BCUT2D eigenvalue weighted by atomic mass is 10.1. The number of fused-ring (bicyclic) bond motifs is 1. The maximum atomic E-state index is 6.02. The number of hydrogen-bond donors (Lipinski definition) is 1. The van der Waals surface area contributed by atoms with Crippen LogP contribution in [0, 0.1) is 0 Å². The molecule has 0 aliphatic rings. The van der Waals surface area contributed by atoms with Gasteiger partial charge in [-0.1, -0.05) is 24.6 Å². The van der Waals surface area contributed by atoms with Gasteiger partial charge in [0.25, 0.3) is 0 Å². The van der Waals surface area contributed by atoms with Crippen LogP contribution in [-0.4, -0.2) is 17.7 Å². The zero-order valence-corrected chi connectivity index (χ0v) is 11.2. The molecule has 1 aromatic carbocycles. The lowest BCUT2D eigenvalue weighted by Gasteiger charge is -2.01. The van der Waals surface area contributed by atoms with Crippen LogP contribution >= 0.6 is 11.6 Å². The van der Waals surface area contributed by atoms with Crippen molar-refractivity contribution in [3.63, 3.8) is 0 Å². The molecule has 0 atom stereocenters. The van der Waals surface area contributed by atoms with E-state index in [1.165, 1.54) is 22.9 Å². The summed E-state index contributed by atoms with van der Waals surface area (Å²) in [7, 11) is 2.08. The van der Waals surface area contributed by atoms with E-state index in [9.17, 15) is 0 Å². The molecule has 0 amide bonds. The Bertz CT molecular complexity index is 502. The van der Waals surface area contributed by atoms with Crippen LogP contribution in [0.1, 0.15) is 18.9 Å². The van der Waals surface area contributed by atoms with Gasteiger partial charge in [-0.2, -0.15) is 0 Å². The first-order valence-corrected chi connectivity index (χ1v) is 6.54. The van der Waals surface area contributed by atoms with E-state index in [0.717, 1.165) is 24.5 Å². The van der Waals surface area contributed by atoms with Crippen molar-refractivity contribution in [1.82, 2.24) is 9.88 Å². The van der Waals surface area contributed by atoms with Crippen LogP contribution in [0.5, 0.6) is 0 Å². The monoisotopic (exact) mass is 250 g/mol. The number of aromatic nitrogens is 1. The third kappa shape index (κ3) is 2.82. The van der Waals surface area contributed by atoms with Gasteiger partial charge in [0, 0.05) is 29.2 Å². The van der Waals surface area contributed by atoms with E-state index in [1.54, 1.807) is 0 Å². The van der Waals surface area contributed by atoms with E-state index in [2.05, 4.69) is 36.1 Å². The Kier molecular flexibility index (Phi) is 4.08. The summed E-state index contributed by atoms with van der Waals surface area (Å²) in [5.41, 5.74) is 2.63. The largest absolute Gasteiger partial charge is 0.350 e. The van der Waals surface area contributed by atoms with E-state index in [4.69, 9.17) is 11.6 Å². The molecular weight excluding hydrogens is 232 g/mol. The zero-order valence-electron chi connectivity index (χ0n) is 10.5. The molecule has 1 aromatic heterocycles. The highest BCUT2D eigenvalue weighted by Crippen LogP contribution is 2.24. The van der Waals surface area contributed by atoms with E-state index < -0.39 is 0 Å². The number of nitrogens with zero attached hydrogens (tertiary/aromatic N) is 1. The Balaban J connectivity index is 2.17. The highest BCUT2D eigenvalue weighted by Gasteiger charge is 2.06. The van der Waals surface area contributed by atoms with E-state index >= 15 is 0 Å². The van der Waals surface area contributed by atoms with E-state index in [-0.39, 0.29) is 0 Å². The molecule has 2 rings (SSSR count). The maximum Gasteiger partial charge on any atom is 0.0495 e. The van der Waals surface area contributed by atoms with Gasteiger partial charge in [-0.3, -0.25) is 0 Å². The van der Waals surface area contributed by atoms with E-state index in [0.29, 0.717) is 0 Å². The highest BCUT2D eigenvalue weighted by molar-refractivity contribution is 6.31. The molecule has 2 nitrogen and oxygen atoms in total. The van der Waals surface area contributed by atoms with Crippen molar-refractivity contribution >= 4 is 22.5 Å². The number of nitrogens with one attached hydrogen (secondary N) is 1. The molecule has 0 saturated carbocycles. The SMILES string of the molecule is CCNCCCc1cn(C)c2cc(Cl)ccc12. The molecule has 0 aliphatic carbocycles. The van der Waals surface area contributed by atoms with E-state index in [1.807, 2.05) is 12.1 Å². The Labute approximate surface area is 108 Å². The summed E-state index contributed by atoms with van der Waals surface area (Å²) in [6, 6.07) is 6.13. The topological polar surface area (TPSA) is 17.0 Å². The lowest BCUT2D eigenvalue weighted by Crippen LogP contribution is -2.14. The number of halogens is 1. The van der Waals surface area contributed by atoms with Crippen LogP contribution in [0.15, 0.2) is 24.4 Å². The van der Waals surface area contributed by atoms with Gasteiger partial charge in [0.15, 0.2) is 0 Å². The van der Waals surface area contributed by atoms with Gasteiger partial charge < -0.3 is 9.88 Å². The van der Waals surface area contributed by atoms with Gasteiger partial charge in [0.1, 0.15) is 0 Å². The number of aryl methyl sites for hydroxylation is 2. The van der Waals surface area contributed by atoms with Crippen molar-refractivity contribution < 1.29 is 0 Å². The van der Waals surface area contributed by atoms with Crippen LogP contribution < -0.4 is 5.32 Å². The molecule has 0 aliphatic heterocycles. The molecule has 2 aromatic rings. The first-order chi connectivity index (χ1) is 8.22. The minimum Gasteiger partial charge on any atom is -0.350 e. The second kappa shape index (κ2) is 5.56. The van der Waals surface area contributed by atoms with Crippen LogP contribution in [0.3, 0.4) is 0 Å². The smallest absolute Gasteiger partial charge is 0.0495 e. The van der Waals surface area contributed by atoms with Gasteiger partial charge in [0.2, 0.25) is 0 Å². The normalized spacial score (nSPS) is 11.2. The molecule has 0 bridgehead atoms. The first kappa shape index (κ1) is 12.5. The minimum atomic E-state index is 0.804. The molecule has 3 heteroatoms. The molecule has 0 unspecified atom stereocenters. The van der Waals surface area contributed by atoms with Gasteiger partial charge in [-0.05, 0) is 43.6 Å². The molecule has 17 heavy (non-hydrogen) atoms. The Morgan fingerprint density at radius 2 is 2.18 bits per heavy atom. The Morgan fingerprint density at radius 3 is 2.94 bits per heavy atom. The van der Waals surface area contributed by atoms with Crippen molar-refractivity contribution in [3.8, 4) is 0 Å². The summed E-state index contributed by atoms with van der Waals surface area (Å²) in [6.07, 6.45) is 4.51.